The molecular weight excluding hydrogens is 232 g/mol. The predicted molar refractivity (Wildman–Crippen MR) is 67.0 cm³/mol. The van der Waals surface area contributed by atoms with Gasteiger partial charge in [0, 0.05) is 24.9 Å². The van der Waals surface area contributed by atoms with Crippen molar-refractivity contribution in [2.75, 3.05) is 12.3 Å². The smallest absolute Gasteiger partial charge is 0.273 e. The Bertz CT molecular complexity index is 516. The summed E-state index contributed by atoms with van der Waals surface area (Å²) in [5.74, 6) is -0.261. The second-order valence-corrected chi connectivity index (χ2v) is 3.90. The summed E-state index contributed by atoms with van der Waals surface area (Å²) >= 11 is 0. The van der Waals surface area contributed by atoms with E-state index in [1.54, 1.807) is 12.5 Å². The van der Waals surface area contributed by atoms with Crippen molar-refractivity contribution in [1.29, 1.82) is 0 Å². The van der Waals surface area contributed by atoms with E-state index in [9.17, 15) is 4.79 Å². The molecule has 0 saturated carbocycles. The molecule has 2 heterocycles. The Labute approximate surface area is 104 Å². The SMILES string of the molecule is CCc1[nH]nc(C(=O)NCCc2cnc[nH]2)c1N. The lowest BCUT2D eigenvalue weighted by Gasteiger charge is -2.02. The Morgan fingerprint density at radius 3 is 3.00 bits per heavy atom. The average Bonchev–Trinajstić information content (AvgIpc) is 2.98. The number of rotatable bonds is 5. The van der Waals surface area contributed by atoms with E-state index >= 15 is 0 Å². The van der Waals surface area contributed by atoms with Gasteiger partial charge in [-0.3, -0.25) is 9.89 Å². The number of imidazole rings is 1. The molecule has 96 valence electrons. The van der Waals surface area contributed by atoms with Crippen LogP contribution < -0.4 is 11.1 Å². The van der Waals surface area contributed by atoms with Gasteiger partial charge in [-0.25, -0.2) is 4.98 Å². The summed E-state index contributed by atoms with van der Waals surface area (Å²) in [6.07, 6.45) is 4.75. The maximum absolute atomic E-state index is 11.8. The number of carbonyl (C=O) groups excluding carboxylic acids is 1. The molecule has 0 aliphatic heterocycles. The Morgan fingerprint density at radius 1 is 1.56 bits per heavy atom. The van der Waals surface area contributed by atoms with E-state index in [1.807, 2.05) is 6.92 Å². The van der Waals surface area contributed by atoms with Crippen LogP contribution in [0.15, 0.2) is 12.5 Å². The Hall–Kier alpha value is -2.31. The fourth-order valence-corrected chi connectivity index (χ4v) is 1.65. The van der Waals surface area contributed by atoms with Gasteiger partial charge in [0.25, 0.3) is 5.91 Å². The number of amides is 1. The topological polar surface area (TPSA) is 112 Å². The lowest BCUT2D eigenvalue weighted by atomic mass is 10.2. The van der Waals surface area contributed by atoms with Crippen molar-refractivity contribution in [2.45, 2.75) is 19.8 Å². The van der Waals surface area contributed by atoms with Crippen molar-refractivity contribution in [3.8, 4) is 0 Å². The summed E-state index contributed by atoms with van der Waals surface area (Å²) in [5.41, 5.74) is 8.26. The number of nitrogens with one attached hydrogen (secondary N) is 3. The first-order valence-electron chi connectivity index (χ1n) is 5.80. The van der Waals surface area contributed by atoms with E-state index in [-0.39, 0.29) is 11.6 Å². The molecule has 2 aromatic rings. The van der Waals surface area contributed by atoms with Gasteiger partial charge < -0.3 is 16.0 Å². The third kappa shape index (κ3) is 2.50. The minimum absolute atomic E-state index is 0.261. The van der Waals surface area contributed by atoms with Crippen molar-refractivity contribution >= 4 is 11.6 Å². The molecule has 1 amide bonds. The molecule has 0 aliphatic carbocycles. The van der Waals surface area contributed by atoms with Gasteiger partial charge in [-0.05, 0) is 6.42 Å². The quantitative estimate of drug-likeness (QED) is 0.607. The highest BCUT2D eigenvalue weighted by Gasteiger charge is 2.15. The summed E-state index contributed by atoms with van der Waals surface area (Å²) in [7, 11) is 0. The first-order chi connectivity index (χ1) is 8.72. The molecule has 0 fully saturated rings. The van der Waals surface area contributed by atoms with Crippen LogP contribution in [0.25, 0.3) is 0 Å². The van der Waals surface area contributed by atoms with Gasteiger partial charge in [-0.15, -0.1) is 0 Å². The van der Waals surface area contributed by atoms with Gasteiger partial charge in [-0.1, -0.05) is 6.92 Å². The average molecular weight is 248 g/mol. The summed E-state index contributed by atoms with van der Waals surface area (Å²) in [4.78, 5) is 18.7. The summed E-state index contributed by atoms with van der Waals surface area (Å²) in [6.45, 7) is 2.46. The fourth-order valence-electron chi connectivity index (χ4n) is 1.65. The standard InChI is InChI=1S/C11H16N6O/c1-2-8-9(12)10(17-16-8)11(18)14-4-3-7-5-13-6-15-7/h5-6H,2-4,12H2,1H3,(H,13,15)(H,14,18)(H,16,17). The van der Waals surface area contributed by atoms with Gasteiger partial charge in [0.15, 0.2) is 5.69 Å². The maximum Gasteiger partial charge on any atom is 0.273 e. The predicted octanol–water partition coefficient (Wildman–Crippen LogP) is 0.250. The Balaban J connectivity index is 1.89. The van der Waals surface area contributed by atoms with E-state index in [2.05, 4.69) is 25.5 Å². The van der Waals surface area contributed by atoms with E-state index in [0.717, 1.165) is 17.8 Å². The number of aryl methyl sites for hydroxylation is 1. The van der Waals surface area contributed by atoms with Crippen LogP contribution in [0.4, 0.5) is 5.69 Å². The summed E-state index contributed by atoms with van der Waals surface area (Å²) in [5, 5.41) is 9.44. The second kappa shape index (κ2) is 5.35. The lowest BCUT2D eigenvalue weighted by Crippen LogP contribution is -2.26. The highest BCUT2D eigenvalue weighted by molar-refractivity contribution is 5.97. The highest BCUT2D eigenvalue weighted by atomic mass is 16.1. The van der Waals surface area contributed by atoms with Crippen molar-refractivity contribution in [2.24, 2.45) is 0 Å². The molecule has 0 saturated heterocycles. The third-order valence-electron chi connectivity index (χ3n) is 2.69. The number of hydrogen-bond donors (Lipinski definition) is 4. The molecule has 2 rings (SSSR count). The van der Waals surface area contributed by atoms with Crippen LogP contribution in [-0.4, -0.2) is 32.6 Å². The van der Waals surface area contributed by atoms with Crippen molar-refractivity contribution < 1.29 is 4.79 Å². The summed E-state index contributed by atoms with van der Waals surface area (Å²) in [6, 6.07) is 0. The number of H-pyrrole nitrogens is 2. The van der Waals surface area contributed by atoms with Crippen LogP contribution in [0.3, 0.4) is 0 Å². The molecule has 5 N–H and O–H groups in total. The number of anilines is 1. The summed E-state index contributed by atoms with van der Waals surface area (Å²) < 4.78 is 0. The molecule has 0 unspecified atom stereocenters. The molecule has 7 nitrogen and oxygen atoms in total. The molecule has 0 aromatic carbocycles. The second-order valence-electron chi connectivity index (χ2n) is 3.90. The minimum atomic E-state index is -0.261. The zero-order valence-corrected chi connectivity index (χ0v) is 10.2. The maximum atomic E-state index is 11.8. The number of carbonyl (C=O) groups is 1. The zero-order valence-electron chi connectivity index (χ0n) is 10.2. The van der Waals surface area contributed by atoms with Gasteiger partial charge in [0.05, 0.1) is 17.7 Å². The molecule has 0 aliphatic rings. The number of aromatic amines is 2. The first kappa shape index (κ1) is 12.2. The normalized spacial score (nSPS) is 10.5. The van der Waals surface area contributed by atoms with E-state index < -0.39 is 0 Å². The van der Waals surface area contributed by atoms with E-state index in [4.69, 9.17) is 5.73 Å². The molecule has 0 spiro atoms. The van der Waals surface area contributed by atoms with Gasteiger partial charge >= 0.3 is 0 Å². The monoisotopic (exact) mass is 248 g/mol. The Kier molecular flexibility index (Phi) is 3.61. The van der Waals surface area contributed by atoms with Crippen LogP contribution in [0, 0.1) is 0 Å². The van der Waals surface area contributed by atoms with Crippen LogP contribution in [-0.2, 0) is 12.8 Å². The van der Waals surface area contributed by atoms with Gasteiger partial charge in [0.1, 0.15) is 0 Å². The molecular formula is C11H16N6O. The number of nitrogens with two attached hydrogens (primary N) is 1. The highest BCUT2D eigenvalue weighted by Crippen LogP contribution is 2.13. The number of nitrogen functional groups attached to an aromatic ring is 1. The van der Waals surface area contributed by atoms with E-state index in [1.165, 1.54) is 0 Å². The first-order valence-corrected chi connectivity index (χ1v) is 5.80. The molecule has 18 heavy (non-hydrogen) atoms. The molecule has 7 heteroatoms. The zero-order chi connectivity index (χ0) is 13.0. The van der Waals surface area contributed by atoms with E-state index in [0.29, 0.717) is 18.7 Å². The third-order valence-corrected chi connectivity index (χ3v) is 2.69. The molecule has 0 atom stereocenters. The largest absolute Gasteiger partial charge is 0.395 e. The van der Waals surface area contributed by atoms with Crippen LogP contribution in [0.5, 0.6) is 0 Å². The number of hydrogen-bond acceptors (Lipinski definition) is 4. The molecule has 0 radical (unpaired) electrons. The van der Waals surface area contributed by atoms with Crippen LogP contribution in [0.2, 0.25) is 0 Å². The van der Waals surface area contributed by atoms with Crippen molar-refractivity contribution in [3.05, 3.63) is 29.6 Å². The van der Waals surface area contributed by atoms with Crippen molar-refractivity contribution in [1.82, 2.24) is 25.5 Å². The fraction of sp³-hybridized carbons (Fsp3) is 0.364. The molecule has 0 bridgehead atoms. The Morgan fingerprint density at radius 2 is 2.39 bits per heavy atom. The van der Waals surface area contributed by atoms with Gasteiger partial charge in [0.2, 0.25) is 0 Å². The number of aromatic nitrogens is 4. The minimum Gasteiger partial charge on any atom is -0.395 e. The van der Waals surface area contributed by atoms with Crippen molar-refractivity contribution in [3.63, 3.8) is 0 Å². The number of nitrogens with zero attached hydrogens (tertiary/aromatic N) is 2. The van der Waals surface area contributed by atoms with Crippen LogP contribution >= 0.6 is 0 Å². The van der Waals surface area contributed by atoms with Crippen LogP contribution in [0.1, 0.15) is 28.8 Å². The molecule has 2 aromatic heterocycles. The van der Waals surface area contributed by atoms with Gasteiger partial charge in [-0.2, -0.15) is 5.10 Å². The lowest BCUT2D eigenvalue weighted by molar-refractivity contribution is 0.0950.